The second-order valence-electron chi connectivity index (χ2n) is 5.10. The topological polar surface area (TPSA) is 146 Å². The van der Waals surface area contributed by atoms with Crippen LogP contribution in [0.2, 0.25) is 0 Å². The average molecular weight is 319 g/mol. The second-order valence-corrected chi connectivity index (χ2v) is 5.10. The van der Waals surface area contributed by atoms with Gasteiger partial charge in [-0.15, -0.1) is 0 Å². The number of nitrogens with one attached hydrogen (secondary N) is 1. The fraction of sp³-hybridized carbons (Fsp3) is 0.692. The highest BCUT2D eigenvalue weighted by Gasteiger charge is 2.52. The summed E-state index contributed by atoms with van der Waals surface area (Å²) in [7, 11) is 1.12. The van der Waals surface area contributed by atoms with E-state index < -0.39 is 48.6 Å². The van der Waals surface area contributed by atoms with Gasteiger partial charge in [-0.2, -0.15) is 0 Å². The van der Waals surface area contributed by atoms with Gasteiger partial charge in [0.2, 0.25) is 5.91 Å². The van der Waals surface area contributed by atoms with E-state index in [1.54, 1.807) is 0 Å². The molecule has 0 aromatic carbocycles. The minimum Gasteiger partial charge on any atom is -0.477 e. The Bertz CT molecular complexity index is 453. The van der Waals surface area contributed by atoms with Crippen LogP contribution < -0.4 is 5.32 Å². The highest BCUT2D eigenvalue weighted by molar-refractivity contribution is 5.77. The standard InChI is InChI=1S/C13H21NO8/c1-6-4-13(21-3,12(19)20)22-11(9(6)14-7(2)16)10(18)8(17)5-15/h8-11,15,17-18H,1,4-5H2,2-3H3,(H,14,16)(H,19,20)/t8-,9-,10-,11-,13+/m1/s1. The summed E-state index contributed by atoms with van der Waals surface area (Å²) >= 11 is 0. The minimum absolute atomic E-state index is 0.248. The molecule has 0 radical (unpaired) electrons. The van der Waals surface area contributed by atoms with E-state index in [9.17, 15) is 24.9 Å². The summed E-state index contributed by atoms with van der Waals surface area (Å²) < 4.78 is 10.2. The Labute approximate surface area is 127 Å². The number of carboxylic acid groups (broad SMARTS) is 1. The number of aliphatic carboxylic acids is 1. The van der Waals surface area contributed by atoms with E-state index in [0.717, 1.165) is 7.11 Å². The van der Waals surface area contributed by atoms with Crippen molar-refractivity contribution in [1.29, 1.82) is 0 Å². The van der Waals surface area contributed by atoms with Crippen LogP contribution in [-0.2, 0) is 19.1 Å². The summed E-state index contributed by atoms with van der Waals surface area (Å²) in [5.74, 6) is -3.98. The number of carbonyl (C=O) groups excluding carboxylic acids is 1. The van der Waals surface area contributed by atoms with E-state index in [4.69, 9.17) is 14.6 Å². The Hall–Kier alpha value is -1.52. The van der Waals surface area contributed by atoms with Crippen LogP contribution in [0.5, 0.6) is 0 Å². The van der Waals surface area contributed by atoms with Gasteiger partial charge in [-0.25, -0.2) is 4.79 Å². The fourth-order valence-electron chi connectivity index (χ4n) is 2.30. The Kier molecular flexibility index (Phi) is 6.03. The molecule has 9 heteroatoms. The van der Waals surface area contributed by atoms with Crippen LogP contribution in [0.25, 0.3) is 0 Å². The molecule has 5 atom stereocenters. The first kappa shape index (κ1) is 18.5. The number of carbonyl (C=O) groups is 2. The smallest absolute Gasteiger partial charge is 0.364 e. The minimum atomic E-state index is -2.09. The van der Waals surface area contributed by atoms with Gasteiger partial charge < -0.3 is 35.2 Å². The molecule has 0 aliphatic carbocycles. The number of ether oxygens (including phenoxy) is 2. The Morgan fingerprint density at radius 2 is 2.14 bits per heavy atom. The van der Waals surface area contributed by atoms with E-state index in [2.05, 4.69) is 11.9 Å². The SMILES string of the molecule is C=C1C[C@@](OC)(C(=O)O)O[C@@H]([C@H](O)[C@H](O)CO)[C@@H]1NC(C)=O. The zero-order valence-electron chi connectivity index (χ0n) is 12.4. The zero-order valence-corrected chi connectivity index (χ0v) is 12.4. The summed E-state index contributed by atoms with van der Waals surface area (Å²) in [6, 6.07) is -0.934. The highest BCUT2D eigenvalue weighted by atomic mass is 16.7. The van der Waals surface area contributed by atoms with Crippen molar-refractivity contribution in [3.63, 3.8) is 0 Å². The van der Waals surface area contributed by atoms with Gasteiger partial charge in [0.15, 0.2) is 0 Å². The van der Waals surface area contributed by atoms with Crippen molar-refractivity contribution >= 4 is 11.9 Å². The summed E-state index contributed by atoms with van der Waals surface area (Å²) in [5, 5.41) is 40.4. The summed E-state index contributed by atoms with van der Waals surface area (Å²) in [4.78, 5) is 22.7. The maximum Gasteiger partial charge on any atom is 0.364 e. The fourth-order valence-corrected chi connectivity index (χ4v) is 2.30. The molecule has 0 unspecified atom stereocenters. The average Bonchev–Trinajstić information content (AvgIpc) is 2.46. The van der Waals surface area contributed by atoms with E-state index >= 15 is 0 Å². The third-order valence-electron chi connectivity index (χ3n) is 3.49. The number of hydrogen-bond acceptors (Lipinski definition) is 7. The van der Waals surface area contributed by atoms with Crippen molar-refractivity contribution < 1.29 is 39.5 Å². The molecule has 1 saturated heterocycles. The molecule has 0 saturated carbocycles. The normalized spacial score (nSPS) is 31.4. The lowest BCUT2D eigenvalue weighted by Crippen LogP contribution is -2.63. The number of carboxylic acids is 1. The third-order valence-corrected chi connectivity index (χ3v) is 3.49. The molecule has 1 aliphatic heterocycles. The summed E-state index contributed by atoms with van der Waals surface area (Å²) in [6.07, 6.45) is -4.85. The van der Waals surface area contributed by atoms with Gasteiger partial charge in [0, 0.05) is 20.5 Å². The summed E-state index contributed by atoms with van der Waals surface area (Å²) in [6.45, 7) is 4.16. The van der Waals surface area contributed by atoms with Crippen molar-refractivity contribution in [2.75, 3.05) is 13.7 Å². The van der Waals surface area contributed by atoms with E-state index in [0.29, 0.717) is 0 Å². The number of rotatable bonds is 6. The highest BCUT2D eigenvalue weighted by Crippen LogP contribution is 2.35. The van der Waals surface area contributed by atoms with Crippen LogP contribution in [-0.4, -0.2) is 76.2 Å². The monoisotopic (exact) mass is 319 g/mol. The number of methoxy groups -OCH3 is 1. The quantitative estimate of drug-likeness (QED) is 0.353. The molecule has 1 fully saturated rings. The first-order chi connectivity index (χ1) is 10.2. The van der Waals surface area contributed by atoms with Crippen LogP contribution >= 0.6 is 0 Å². The van der Waals surface area contributed by atoms with Gasteiger partial charge in [0.05, 0.1) is 12.6 Å². The van der Waals surface area contributed by atoms with Crippen LogP contribution in [0.3, 0.4) is 0 Å². The Balaban J connectivity index is 3.17. The van der Waals surface area contributed by atoms with Crippen molar-refractivity contribution in [3.05, 3.63) is 12.2 Å². The number of aliphatic hydroxyl groups excluding tert-OH is 3. The van der Waals surface area contributed by atoms with Crippen LogP contribution in [0.4, 0.5) is 0 Å². The molecule has 22 heavy (non-hydrogen) atoms. The lowest BCUT2D eigenvalue weighted by Gasteiger charge is -2.44. The van der Waals surface area contributed by atoms with E-state index in [1.807, 2.05) is 0 Å². The van der Waals surface area contributed by atoms with Gasteiger partial charge in [-0.3, -0.25) is 4.79 Å². The first-order valence-corrected chi connectivity index (χ1v) is 6.56. The molecular weight excluding hydrogens is 298 g/mol. The summed E-state index contributed by atoms with van der Waals surface area (Å²) in [5.41, 5.74) is 0.250. The lowest BCUT2D eigenvalue weighted by molar-refractivity contribution is -0.279. The van der Waals surface area contributed by atoms with Crippen LogP contribution in [0, 0.1) is 0 Å². The molecule has 0 bridgehead atoms. The molecule has 0 aromatic rings. The maximum atomic E-state index is 11.4. The molecule has 1 rings (SSSR count). The van der Waals surface area contributed by atoms with Crippen molar-refractivity contribution in [2.24, 2.45) is 0 Å². The second kappa shape index (κ2) is 7.16. The van der Waals surface area contributed by atoms with Gasteiger partial charge in [0.25, 0.3) is 5.79 Å². The first-order valence-electron chi connectivity index (χ1n) is 6.56. The predicted molar refractivity (Wildman–Crippen MR) is 72.7 cm³/mol. The van der Waals surface area contributed by atoms with Crippen LogP contribution in [0.1, 0.15) is 13.3 Å². The van der Waals surface area contributed by atoms with E-state index in [-0.39, 0.29) is 12.0 Å². The number of hydrogen-bond donors (Lipinski definition) is 5. The van der Waals surface area contributed by atoms with Crippen molar-refractivity contribution in [3.8, 4) is 0 Å². The predicted octanol–water partition coefficient (Wildman–Crippen LogP) is -2.02. The Morgan fingerprint density at radius 3 is 2.55 bits per heavy atom. The Morgan fingerprint density at radius 1 is 1.55 bits per heavy atom. The zero-order chi connectivity index (χ0) is 17.1. The molecule has 1 amide bonds. The van der Waals surface area contributed by atoms with Gasteiger partial charge in [-0.1, -0.05) is 6.58 Å². The molecule has 9 nitrogen and oxygen atoms in total. The molecule has 1 heterocycles. The molecule has 1 aliphatic rings. The van der Waals surface area contributed by atoms with Gasteiger partial charge in [-0.05, 0) is 5.57 Å². The lowest BCUT2D eigenvalue weighted by atomic mass is 9.87. The number of aliphatic hydroxyl groups is 3. The molecule has 0 aromatic heterocycles. The number of amides is 1. The van der Waals surface area contributed by atoms with Crippen molar-refractivity contribution in [1.82, 2.24) is 5.32 Å². The molecular formula is C13H21NO8. The molecule has 126 valence electrons. The molecule has 0 spiro atoms. The maximum absolute atomic E-state index is 11.4. The van der Waals surface area contributed by atoms with E-state index in [1.165, 1.54) is 6.92 Å². The van der Waals surface area contributed by atoms with Gasteiger partial charge in [0.1, 0.15) is 18.3 Å². The third kappa shape index (κ3) is 3.62. The van der Waals surface area contributed by atoms with Gasteiger partial charge >= 0.3 is 5.97 Å². The van der Waals surface area contributed by atoms with Crippen LogP contribution in [0.15, 0.2) is 12.2 Å². The largest absolute Gasteiger partial charge is 0.477 e. The van der Waals surface area contributed by atoms with Crippen molar-refractivity contribution in [2.45, 2.75) is 43.5 Å². The molecule has 5 N–H and O–H groups in total.